The van der Waals surface area contributed by atoms with Crippen molar-refractivity contribution < 1.29 is 9.59 Å². The minimum atomic E-state index is -0.135. The SMILES string of the molecule is CN1CCCc2cccc(C(=O)Nc3ccc(CC(=O)Nc4ccccn4)cc3)c21. The number of aromatic nitrogens is 1. The fourth-order valence-corrected chi connectivity index (χ4v) is 3.76. The van der Waals surface area contributed by atoms with Crippen molar-refractivity contribution in [1.29, 1.82) is 0 Å². The Kier molecular flexibility index (Phi) is 5.75. The summed E-state index contributed by atoms with van der Waals surface area (Å²) in [6, 6.07) is 18.6. The summed E-state index contributed by atoms with van der Waals surface area (Å²) in [5, 5.41) is 5.74. The van der Waals surface area contributed by atoms with Gasteiger partial charge in [0.2, 0.25) is 5.91 Å². The van der Waals surface area contributed by atoms with Gasteiger partial charge in [-0.1, -0.05) is 30.3 Å². The fourth-order valence-electron chi connectivity index (χ4n) is 3.76. The first-order valence-corrected chi connectivity index (χ1v) is 10.0. The molecule has 1 aliphatic heterocycles. The summed E-state index contributed by atoms with van der Waals surface area (Å²) in [7, 11) is 2.03. The lowest BCUT2D eigenvalue weighted by Crippen LogP contribution is -2.28. The maximum atomic E-state index is 12.9. The van der Waals surface area contributed by atoms with Crippen molar-refractivity contribution in [2.45, 2.75) is 19.3 Å². The summed E-state index contributed by atoms with van der Waals surface area (Å²) in [6.45, 7) is 0.951. The number of rotatable bonds is 5. The minimum absolute atomic E-state index is 0.124. The highest BCUT2D eigenvalue weighted by atomic mass is 16.2. The number of hydrogen-bond donors (Lipinski definition) is 2. The Morgan fingerprint density at radius 1 is 1.00 bits per heavy atom. The van der Waals surface area contributed by atoms with E-state index in [0.717, 1.165) is 30.6 Å². The topological polar surface area (TPSA) is 74.3 Å². The number of hydrogen-bond acceptors (Lipinski definition) is 4. The van der Waals surface area contributed by atoms with E-state index in [9.17, 15) is 9.59 Å². The number of carbonyl (C=O) groups is 2. The molecule has 1 aromatic heterocycles. The van der Waals surface area contributed by atoms with Gasteiger partial charge in [0.05, 0.1) is 17.7 Å². The summed E-state index contributed by atoms with van der Waals surface area (Å²) in [6.07, 6.45) is 3.97. The summed E-state index contributed by atoms with van der Waals surface area (Å²) in [5.41, 5.74) is 4.48. The number of fused-ring (bicyclic) bond motifs is 1. The summed E-state index contributed by atoms with van der Waals surface area (Å²) < 4.78 is 0. The van der Waals surface area contributed by atoms with Crippen LogP contribution in [0.1, 0.15) is 27.9 Å². The fraction of sp³-hybridized carbons (Fsp3) is 0.208. The van der Waals surface area contributed by atoms with Crippen molar-refractivity contribution in [3.8, 4) is 0 Å². The van der Waals surface area contributed by atoms with Gasteiger partial charge < -0.3 is 15.5 Å². The Morgan fingerprint density at radius 2 is 1.83 bits per heavy atom. The summed E-state index contributed by atoms with van der Waals surface area (Å²) in [4.78, 5) is 31.3. The van der Waals surface area contributed by atoms with Crippen LogP contribution in [0.15, 0.2) is 66.9 Å². The Labute approximate surface area is 175 Å². The second kappa shape index (κ2) is 8.78. The molecule has 0 saturated heterocycles. The van der Waals surface area contributed by atoms with Crippen LogP contribution in [0.25, 0.3) is 0 Å². The largest absolute Gasteiger partial charge is 0.374 e. The number of carbonyl (C=O) groups excluding carboxylic acids is 2. The second-order valence-electron chi connectivity index (χ2n) is 7.43. The normalized spacial score (nSPS) is 12.8. The lowest BCUT2D eigenvalue weighted by Gasteiger charge is -2.29. The lowest BCUT2D eigenvalue weighted by molar-refractivity contribution is -0.115. The van der Waals surface area contributed by atoms with E-state index in [2.05, 4.69) is 26.6 Å². The third-order valence-corrected chi connectivity index (χ3v) is 5.19. The molecular formula is C24H24N4O2. The number of benzene rings is 2. The van der Waals surface area contributed by atoms with E-state index < -0.39 is 0 Å². The third-order valence-electron chi connectivity index (χ3n) is 5.19. The molecular weight excluding hydrogens is 376 g/mol. The van der Waals surface area contributed by atoms with Gasteiger partial charge in [0.25, 0.3) is 5.91 Å². The van der Waals surface area contributed by atoms with Gasteiger partial charge in [-0.05, 0) is 54.3 Å². The second-order valence-corrected chi connectivity index (χ2v) is 7.43. The van der Waals surface area contributed by atoms with E-state index in [0.29, 0.717) is 17.1 Å². The Bertz CT molecular complexity index is 1050. The van der Waals surface area contributed by atoms with Gasteiger partial charge in [0.1, 0.15) is 5.82 Å². The lowest BCUT2D eigenvalue weighted by atomic mass is 9.97. The van der Waals surface area contributed by atoms with Gasteiger partial charge >= 0.3 is 0 Å². The Hall–Kier alpha value is -3.67. The van der Waals surface area contributed by atoms with Crippen LogP contribution in [0.4, 0.5) is 17.2 Å². The number of pyridine rings is 1. The molecule has 0 unspecified atom stereocenters. The molecule has 0 atom stereocenters. The first-order chi connectivity index (χ1) is 14.6. The van der Waals surface area contributed by atoms with E-state index in [-0.39, 0.29) is 18.2 Å². The number of aryl methyl sites for hydroxylation is 1. The average molecular weight is 400 g/mol. The minimum Gasteiger partial charge on any atom is -0.374 e. The molecule has 1 aliphatic rings. The van der Waals surface area contributed by atoms with Crippen molar-refractivity contribution in [3.63, 3.8) is 0 Å². The first kappa shape index (κ1) is 19.6. The number of nitrogens with zero attached hydrogens (tertiary/aromatic N) is 2. The molecule has 3 aromatic rings. The van der Waals surface area contributed by atoms with Crippen molar-refractivity contribution in [3.05, 3.63) is 83.6 Å². The van der Waals surface area contributed by atoms with Gasteiger partial charge in [-0.25, -0.2) is 4.98 Å². The molecule has 0 bridgehead atoms. The van der Waals surface area contributed by atoms with Crippen LogP contribution in [-0.2, 0) is 17.6 Å². The predicted octanol–water partition coefficient (Wildman–Crippen LogP) is 3.90. The van der Waals surface area contributed by atoms with E-state index in [1.165, 1.54) is 5.56 Å². The van der Waals surface area contributed by atoms with E-state index in [1.54, 1.807) is 18.3 Å². The summed E-state index contributed by atoms with van der Waals surface area (Å²) in [5.74, 6) is 0.272. The Morgan fingerprint density at radius 3 is 2.60 bits per heavy atom. The molecule has 2 aromatic carbocycles. The highest BCUT2D eigenvalue weighted by Crippen LogP contribution is 2.30. The molecule has 2 amide bonds. The van der Waals surface area contributed by atoms with E-state index in [4.69, 9.17) is 0 Å². The maximum Gasteiger partial charge on any atom is 0.257 e. The zero-order valence-electron chi connectivity index (χ0n) is 16.9. The molecule has 4 rings (SSSR count). The standard InChI is InChI=1S/C24H24N4O2/c1-28-15-5-7-18-6-4-8-20(23(18)28)24(30)26-19-12-10-17(11-13-19)16-22(29)27-21-9-2-3-14-25-21/h2-4,6,8-14H,5,7,15-16H2,1H3,(H,26,30)(H,25,27,29). The third kappa shape index (κ3) is 4.49. The van der Waals surface area contributed by atoms with Crippen LogP contribution in [0.3, 0.4) is 0 Å². The first-order valence-electron chi connectivity index (χ1n) is 10.0. The monoisotopic (exact) mass is 400 g/mol. The maximum absolute atomic E-state index is 12.9. The molecule has 6 heteroatoms. The van der Waals surface area contributed by atoms with Gasteiger partial charge in [-0.3, -0.25) is 9.59 Å². The molecule has 0 saturated carbocycles. The van der Waals surface area contributed by atoms with Crippen LogP contribution in [-0.4, -0.2) is 30.4 Å². The molecule has 0 spiro atoms. The van der Waals surface area contributed by atoms with Crippen molar-refractivity contribution in [2.75, 3.05) is 29.1 Å². The Balaban J connectivity index is 1.40. The molecule has 0 aliphatic carbocycles. The summed E-state index contributed by atoms with van der Waals surface area (Å²) >= 11 is 0. The average Bonchev–Trinajstić information content (AvgIpc) is 2.75. The van der Waals surface area contributed by atoms with Gasteiger partial charge in [-0.2, -0.15) is 0 Å². The van der Waals surface area contributed by atoms with Crippen LogP contribution in [0, 0.1) is 0 Å². The molecule has 0 fully saturated rings. The molecule has 0 radical (unpaired) electrons. The number of para-hydroxylation sites is 1. The zero-order chi connectivity index (χ0) is 20.9. The number of amides is 2. The van der Waals surface area contributed by atoms with Crippen molar-refractivity contribution >= 4 is 29.0 Å². The van der Waals surface area contributed by atoms with Gasteiger partial charge in [-0.15, -0.1) is 0 Å². The highest BCUT2D eigenvalue weighted by molar-refractivity contribution is 6.08. The zero-order valence-corrected chi connectivity index (χ0v) is 16.9. The molecule has 2 heterocycles. The van der Waals surface area contributed by atoms with Crippen molar-refractivity contribution in [2.24, 2.45) is 0 Å². The highest BCUT2D eigenvalue weighted by Gasteiger charge is 2.21. The predicted molar refractivity (Wildman–Crippen MR) is 119 cm³/mol. The van der Waals surface area contributed by atoms with E-state index in [1.807, 2.05) is 49.5 Å². The van der Waals surface area contributed by atoms with Gasteiger partial charge in [0.15, 0.2) is 0 Å². The number of anilines is 3. The van der Waals surface area contributed by atoms with Crippen LogP contribution in [0.5, 0.6) is 0 Å². The van der Waals surface area contributed by atoms with Crippen molar-refractivity contribution in [1.82, 2.24) is 4.98 Å². The van der Waals surface area contributed by atoms with Crippen LogP contribution in [0.2, 0.25) is 0 Å². The molecule has 2 N–H and O–H groups in total. The van der Waals surface area contributed by atoms with E-state index >= 15 is 0 Å². The quantitative estimate of drug-likeness (QED) is 0.681. The van der Waals surface area contributed by atoms with Gasteiger partial charge in [0, 0.05) is 25.5 Å². The van der Waals surface area contributed by atoms with Crippen LogP contribution >= 0.6 is 0 Å². The number of nitrogens with one attached hydrogen (secondary N) is 2. The molecule has 30 heavy (non-hydrogen) atoms. The molecule has 6 nitrogen and oxygen atoms in total. The van der Waals surface area contributed by atoms with Crippen LogP contribution < -0.4 is 15.5 Å². The molecule has 152 valence electrons. The smallest absolute Gasteiger partial charge is 0.257 e.